The normalized spacial score (nSPS) is 10.3. The molecule has 0 spiro atoms. The molecule has 0 bridgehead atoms. The van der Waals surface area contributed by atoms with Crippen LogP contribution in [0.3, 0.4) is 0 Å². The molecule has 0 unspecified atom stereocenters. The van der Waals surface area contributed by atoms with Crippen molar-refractivity contribution in [3.8, 4) is 0 Å². The number of nitrogens with two attached hydrogens (primary N) is 1. The lowest BCUT2D eigenvalue weighted by molar-refractivity contribution is 0.0953. The minimum Gasteiger partial charge on any atom is -0.396 e. The quantitative estimate of drug-likeness (QED) is 0.841. The van der Waals surface area contributed by atoms with Crippen LogP contribution in [0.2, 0.25) is 0 Å². The van der Waals surface area contributed by atoms with E-state index in [1.54, 1.807) is 0 Å². The van der Waals surface area contributed by atoms with Gasteiger partial charge >= 0.3 is 0 Å². The van der Waals surface area contributed by atoms with Crippen LogP contribution in [-0.4, -0.2) is 12.5 Å². The molecular weight excluding hydrogens is 255 g/mol. The maximum absolute atomic E-state index is 13.3. The number of halogens is 1. The van der Waals surface area contributed by atoms with Crippen molar-refractivity contribution in [3.05, 3.63) is 65.0 Å². The van der Waals surface area contributed by atoms with Crippen molar-refractivity contribution in [3.63, 3.8) is 0 Å². The van der Waals surface area contributed by atoms with Crippen molar-refractivity contribution in [2.45, 2.75) is 13.3 Å². The molecule has 3 N–H and O–H groups in total. The lowest BCUT2D eigenvalue weighted by Crippen LogP contribution is -2.25. The average molecular weight is 272 g/mol. The summed E-state index contributed by atoms with van der Waals surface area (Å²) in [6.45, 7) is 2.54. The highest BCUT2D eigenvalue weighted by Gasteiger charge is 2.07. The number of carbonyl (C=O) groups is 1. The Kier molecular flexibility index (Phi) is 4.35. The summed E-state index contributed by atoms with van der Waals surface area (Å²) in [4.78, 5) is 11.8. The van der Waals surface area contributed by atoms with E-state index in [2.05, 4.69) is 11.4 Å². The third-order valence-electron chi connectivity index (χ3n) is 3.04. The Balaban J connectivity index is 1.90. The first-order chi connectivity index (χ1) is 9.56. The highest BCUT2D eigenvalue weighted by Crippen LogP contribution is 2.11. The second kappa shape index (κ2) is 6.19. The van der Waals surface area contributed by atoms with Gasteiger partial charge in [-0.3, -0.25) is 4.79 Å². The van der Waals surface area contributed by atoms with Crippen molar-refractivity contribution in [1.82, 2.24) is 5.32 Å². The van der Waals surface area contributed by atoms with Crippen LogP contribution in [-0.2, 0) is 6.42 Å². The van der Waals surface area contributed by atoms with Gasteiger partial charge in [0.2, 0.25) is 0 Å². The Morgan fingerprint density at radius 2 is 2.05 bits per heavy atom. The fourth-order valence-corrected chi connectivity index (χ4v) is 1.96. The molecule has 1 amide bonds. The van der Waals surface area contributed by atoms with Crippen LogP contribution in [0.5, 0.6) is 0 Å². The van der Waals surface area contributed by atoms with Gasteiger partial charge in [0.25, 0.3) is 5.91 Å². The second-order valence-electron chi connectivity index (χ2n) is 4.73. The molecule has 104 valence electrons. The summed E-state index contributed by atoms with van der Waals surface area (Å²) >= 11 is 0. The molecule has 0 fully saturated rings. The molecule has 20 heavy (non-hydrogen) atoms. The Labute approximate surface area is 117 Å². The van der Waals surface area contributed by atoms with Crippen LogP contribution < -0.4 is 11.1 Å². The van der Waals surface area contributed by atoms with E-state index in [1.807, 2.05) is 25.1 Å². The van der Waals surface area contributed by atoms with Crippen LogP contribution in [0.25, 0.3) is 0 Å². The van der Waals surface area contributed by atoms with Crippen molar-refractivity contribution in [1.29, 1.82) is 0 Å². The summed E-state index contributed by atoms with van der Waals surface area (Å²) in [7, 11) is 0. The lowest BCUT2D eigenvalue weighted by atomic mass is 10.1. The van der Waals surface area contributed by atoms with Gasteiger partial charge in [0.15, 0.2) is 0 Å². The number of nitrogen functional groups attached to an aromatic ring is 1. The Bertz CT molecular complexity index is 626. The first kappa shape index (κ1) is 14.1. The molecule has 2 rings (SSSR count). The zero-order valence-corrected chi connectivity index (χ0v) is 11.3. The maximum Gasteiger partial charge on any atom is 0.251 e. The third-order valence-corrected chi connectivity index (χ3v) is 3.04. The van der Waals surface area contributed by atoms with E-state index in [9.17, 15) is 9.18 Å². The fourth-order valence-electron chi connectivity index (χ4n) is 1.96. The van der Waals surface area contributed by atoms with E-state index in [4.69, 9.17) is 5.73 Å². The van der Waals surface area contributed by atoms with Crippen LogP contribution in [0.4, 0.5) is 10.1 Å². The second-order valence-corrected chi connectivity index (χ2v) is 4.73. The molecule has 0 radical (unpaired) electrons. The monoisotopic (exact) mass is 272 g/mol. The molecule has 0 aliphatic carbocycles. The zero-order chi connectivity index (χ0) is 14.5. The number of hydrogen-bond donors (Lipinski definition) is 2. The van der Waals surface area contributed by atoms with Gasteiger partial charge in [-0.1, -0.05) is 29.8 Å². The summed E-state index contributed by atoms with van der Waals surface area (Å²) < 4.78 is 13.3. The summed E-state index contributed by atoms with van der Waals surface area (Å²) in [6, 6.07) is 12.2. The number of amides is 1. The molecule has 0 aliphatic heterocycles. The summed E-state index contributed by atoms with van der Waals surface area (Å²) in [5.41, 5.74) is 8.04. The number of aryl methyl sites for hydroxylation is 1. The van der Waals surface area contributed by atoms with Gasteiger partial charge in [-0.15, -0.1) is 0 Å². The van der Waals surface area contributed by atoms with E-state index in [0.29, 0.717) is 6.54 Å². The molecule has 3 nitrogen and oxygen atoms in total. The zero-order valence-electron chi connectivity index (χ0n) is 11.3. The predicted octanol–water partition coefficient (Wildman–Crippen LogP) is 2.69. The lowest BCUT2D eigenvalue weighted by Gasteiger charge is -2.07. The summed E-state index contributed by atoms with van der Waals surface area (Å²) in [5.74, 6) is -0.868. The molecule has 4 heteroatoms. The highest BCUT2D eigenvalue weighted by atomic mass is 19.1. The largest absolute Gasteiger partial charge is 0.396 e. The number of nitrogens with one attached hydrogen (secondary N) is 1. The molecule has 0 aliphatic rings. The Morgan fingerprint density at radius 3 is 2.75 bits per heavy atom. The Hall–Kier alpha value is -2.36. The van der Waals surface area contributed by atoms with E-state index in [1.165, 1.54) is 17.7 Å². The number of benzene rings is 2. The summed E-state index contributed by atoms with van der Waals surface area (Å²) in [5, 5.41) is 2.77. The minimum atomic E-state index is -0.573. The molecule has 0 saturated heterocycles. The number of hydrogen-bond acceptors (Lipinski definition) is 2. The topological polar surface area (TPSA) is 55.1 Å². The standard InChI is InChI=1S/C16H17FN2O/c1-11-3-2-4-12(9-11)7-8-19-16(20)13-5-6-15(18)14(17)10-13/h2-6,9-10H,7-8,18H2,1H3,(H,19,20). The van der Waals surface area contributed by atoms with Crippen LogP contribution in [0, 0.1) is 12.7 Å². The first-order valence-electron chi connectivity index (χ1n) is 6.45. The minimum absolute atomic E-state index is 0.0429. The van der Waals surface area contributed by atoms with Crippen molar-refractivity contribution >= 4 is 11.6 Å². The van der Waals surface area contributed by atoms with Crippen LogP contribution >= 0.6 is 0 Å². The maximum atomic E-state index is 13.3. The van der Waals surface area contributed by atoms with Gasteiger partial charge in [-0.05, 0) is 37.1 Å². The predicted molar refractivity (Wildman–Crippen MR) is 78.0 cm³/mol. The van der Waals surface area contributed by atoms with Crippen LogP contribution in [0.1, 0.15) is 21.5 Å². The van der Waals surface area contributed by atoms with Gasteiger partial charge in [-0.2, -0.15) is 0 Å². The van der Waals surface area contributed by atoms with Gasteiger partial charge in [0.05, 0.1) is 5.69 Å². The average Bonchev–Trinajstić information content (AvgIpc) is 2.42. The van der Waals surface area contributed by atoms with E-state index in [-0.39, 0.29) is 17.2 Å². The summed E-state index contributed by atoms with van der Waals surface area (Å²) in [6.07, 6.45) is 0.741. The van der Waals surface area contributed by atoms with Gasteiger partial charge < -0.3 is 11.1 Å². The first-order valence-corrected chi connectivity index (χ1v) is 6.45. The fraction of sp³-hybridized carbons (Fsp3) is 0.188. The molecule has 2 aromatic rings. The number of rotatable bonds is 4. The van der Waals surface area contributed by atoms with E-state index < -0.39 is 5.82 Å². The van der Waals surface area contributed by atoms with Gasteiger partial charge in [0, 0.05) is 12.1 Å². The molecule has 0 heterocycles. The highest BCUT2D eigenvalue weighted by molar-refractivity contribution is 5.94. The smallest absolute Gasteiger partial charge is 0.251 e. The Morgan fingerprint density at radius 1 is 1.25 bits per heavy atom. The molecule has 2 aromatic carbocycles. The molecular formula is C16H17FN2O. The number of carbonyl (C=O) groups excluding carboxylic acids is 1. The van der Waals surface area contributed by atoms with Crippen LogP contribution in [0.15, 0.2) is 42.5 Å². The van der Waals surface area contributed by atoms with Crippen molar-refractivity contribution in [2.24, 2.45) is 0 Å². The van der Waals surface area contributed by atoms with E-state index >= 15 is 0 Å². The SMILES string of the molecule is Cc1cccc(CCNC(=O)c2ccc(N)c(F)c2)c1. The number of anilines is 1. The van der Waals surface area contributed by atoms with E-state index in [0.717, 1.165) is 18.1 Å². The van der Waals surface area contributed by atoms with Crippen molar-refractivity contribution in [2.75, 3.05) is 12.3 Å². The van der Waals surface area contributed by atoms with Crippen molar-refractivity contribution < 1.29 is 9.18 Å². The van der Waals surface area contributed by atoms with Gasteiger partial charge in [-0.25, -0.2) is 4.39 Å². The van der Waals surface area contributed by atoms with Gasteiger partial charge in [0.1, 0.15) is 5.82 Å². The molecule has 0 saturated carbocycles. The molecule has 0 atom stereocenters. The molecule has 0 aromatic heterocycles. The third kappa shape index (κ3) is 3.57.